The topological polar surface area (TPSA) is 307 Å². The Morgan fingerprint density at radius 1 is 0.719 bits per heavy atom. The first-order valence-corrected chi connectivity index (χ1v) is 16.4. The van der Waals surface area contributed by atoms with Crippen molar-refractivity contribution in [3.8, 4) is 23.0 Å². The van der Waals surface area contributed by atoms with Gasteiger partial charge in [-0.2, -0.15) is 24.7 Å². The SMILES string of the molecule is Nc1c(/N=N/c2cc(C(=O)O)c(Cl)cc2Cl)c(-c2ccccc2)nn1-c1nc(Nc2cc(OC=O)cc(C(=O)O)c2)nc(Nc2cc(C(=O)O)cc(C(=O)O)c2)n1. The van der Waals surface area contributed by atoms with E-state index in [9.17, 15) is 44.4 Å². The average molecular weight is 814 g/mol. The van der Waals surface area contributed by atoms with Crippen molar-refractivity contribution in [1.29, 1.82) is 0 Å². The van der Waals surface area contributed by atoms with Crippen LogP contribution in [0, 0.1) is 0 Å². The van der Waals surface area contributed by atoms with Crippen LogP contribution in [0.1, 0.15) is 41.4 Å². The Morgan fingerprint density at radius 2 is 1.30 bits per heavy atom. The number of azo groups is 1. The molecule has 4 aromatic carbocycles. The number of nitrogen functional groups attached to an aromatic ring is 1. The number of hydrogen-bond donors (Lipinski definition) is 7. The Hall–Kier alpha value is -7.97. The fraction of sp³-hybridized carbons (Fsp3) is 0. The van der Waals surface area contributed by atoms with Gasteiger partial charge in [0.25, 0.3) is 12.4 Å². The van der Waals surface area contributed by atoms with E-state index >= 15 is 0 Å². The number of carboxylic acid groups (broad SMARTS) is 4. The highest BCUT2D eigenvalue weighted by Gasteiger charge is 2.23. The fourth-order valence-electron chi connectivity index (χ4n) is 5.04. The maximum Gasteiger partial charge on any atom is 0.337 e. The molecular formula is C35H22Cl2N10O10. The number of anilines is 5. The monoisotopic (exact) mass is 812 g/mol. The largest absolute Gasteiger partial charge is 0.478 e. The van der Waals surface area contributed by atoms with Crippen molar-refractivity contribution < 1.29 is 49.1 Å². The summed E-state index contributed by atoms with van der Waals surface area (Å²) in [6.07, 6.45) is 0. The van der Waals surface area contributed by atoms with E-state index in [4.69, 9.17) is 33.7 Å². The van der Waals surface area contributed by atoms with Crippen LogP contribution in [0.3, 0.4) is 0 Å². The third-order valence-corrected chi connectivity index (χ3v) is 8.17. The van der Waals surface area contributed by atoms with Crippen LogP contribution in [-0.2, 0) is 4.79 Å². The highest BCUT2D eigenvalue weighted by molar-refractivity contribution is 6.37. The van der Waals surface area contributed by atoms with Gasteiger partial charge in [-0.15, -0.1) is 10.2 Å². The van der Waals surface area contributed by atoms with Crippen LogP contribution in [0.2, 0.25) is 10.0 Å². The molecule has 0 saturated carbocycles. The molecule has 0 aliphatic heterocycles. The van der Waals surface area contributed by atoms with Gasteiger partial charge in [0.2, 0.25) is 11.9 Å². The zero-order chi connectivity index (χ0) is 41.0. The lowest BCUT2D eigenvalue weighted by molar-refractivity contribution is -0.120. The number of carboxylic acids is 4. The van der Waals surface area contributed by atoms with Gasteiger partial charge in [0.15, 0.2) is 11.5 Å². The summed E-state index contributed by atoms with van der Waals surface area (Å²) in [5.74, 6) is -6.88. The number of rotatable bonds is 14. The average Bonchev–Trinajstić information content (AvgIpc) is 3.49. The molecule has 57 heavy (non-hydrogen) atoms. The van der Waals surface area contributed by atoms with Crippen molar-refractivity contribution in [3.63, 3.8) is 0 Å². The summed E-state index contributed by atoms with van der Waals surface area (Å²) in [7, 11) is 0. The first-order chi connectivity index (χ1) is 27.2. The van der Waals surface area contributed by atoms with Gasteiger partial charge in [0.05, 0.1) is 32.3 Å². The molecule has 286 valence electrons. The van der Waals surface area contributed by atoms with E-state index in [1.807, 2.05) is 0 Å². The van der Waals surface area contributed by atoms with Crippen LogP contribution in [0.15, 0.2) is 89.1 Å². The Bertz CT molecular complexity index is 2620. The van der Waals surface area contributed by atoms with E-state index in [2.05, 4.69) is 40.9 Å². The normalized spacial score (nSPS) is 10.9. The molecule has 0 radical (unpaired) electrons. The molecule has 0 saturated heterocycles. The van der Waals surface area contributed by atoms with Crippen molar-refractivity contribution in [2.24, 2.45) is 10.2 Å². The van der Waals surface area contributed by atoms with E-state index in [1.54, 1.807) is 30.3 Å². The molecule has 0 bridgehead atoms. The number of ether oxygens (including phenoxy) is 1. The molecule has 0 unspecified atom stereocenters. The first kappa shape index (κ1) is 38.7. The minimum Gasteiger partial charge on any atom is -0.478 e. The molecule has 2 aromatic heterocycles. The minimum atomic E-state index is -1.43. The maximum absolute atomic E-state index is 11.8. The predicted octanol–water partition coefficient (Wildman–Crippen LogP) is 6.84. The smallest absolute Gasteiger partial charge is 0.337 e. The van der Waals surface area contributed by atoms with E-state index < -0.39 is 23.9 Å². The lowest BCUT2D eigenvalue weighted by Gasteiger charge is -2.12. The van der Waals surface area contributed by atoms with E-state index in [1.165, 1.54) is 18.2 Å². The fourth-order valence-corrected chi connectivity index (χ4v) is 5.54. The number of hydrogen-bond acceptors (Lipinski definition) is 15. The van der Waals surface area contributed by atoms with Gasteiger partial charge in [0.1, 0.15) is 17.1 Å². The van der Waals surface area contributed by atoms with E-state index in [0.29, 0.717) is 5.56 Å². The standard InChI is InChI=1S/C35H22Cl2N10O10/c36-23-13-24(37)25(12-22(23)32(55)56)44-45-27-26(15-4-2-1-3-5-15)46-47(28(27)38)35-42-33(39-19-7-16(29(49)50)6-17(8-19)30(51)52)41-34(43-35)40-20-9-18(31(53)54)10-21(11-20)57-14-48/h1-14H,38H2,(H,49,50)(H,51,52)(H,53,54)(H,55,56)(H2,39,40,41,42,43)/b45-44+. The molecule has 6 aromatic rings. The number of nitrogens with zero attached hydrogens (tertiary/aromatic N) is 7. The predicted molar refractivity (Wildman–Crippen MR) is 201 cm³/mol. The highest BCUT2D eigenvalue weighted by atomic mass is 35.5. The third-order valence-electron chi connectivity index (χ3n) is 7.56. The van der Waals surface area contributed by atoms with Gasteiger partial charge in [-0.1, -0.05) is 53.5 Å². The van der Waals surface area contributed by atoms with Gasteiger partial charge >= 0.3 is 23.9 Å². The van der Waals surface area contributed by atoms with Crippen molar-refractivity contribution in [2.45, 2.75) is 0 Å². The number of carbonyl (C=O) groups excluding carboxylic acids is 1. The lowest BCUT2D eigenvalue weighted by atomic mass is 10.1. The number of benzene rings is 4. The first-order valence-electron chi connectivity index (χ1n) is 15.7. The quantitative estimate of drug-likeness (QED) is 0.0437. The molecule has 0 atom stereocenters. The van der Waals surface area contributed by atoms with Crippen LogP contribution in [0.25, 0.3) is 17.2 Å². The Kier molecular flexibility index (Phi) is 11.0. The molecule has 20 nitrogen and oxygen atoms in total. The third kappa shape index (κ3) is 8.72. The number of halogens is 2. The molecule has 0 fully saturated rings. The zero-order valence-electron chi connectivity index (χ0n) is 28.3. The van der Waals surface area contributed by atoms with Gasteiger partial charge in [-0.05, 0) is 42.5 Å². The van der Waals surface area contributed by atoms with Crippen molar-refractivity contribution in [2.75, 3.05) is 16.4 Å². The van der Waals surface area contributed by atoms with Crippen LogP contribution in [-0.4, -0.2) is 75.5 Å². The summed E-state index contributed by atoms with van der Waals surface area (Å²) in [6, 6.07) is 17.5. The molecular weight excluding hydrogens is 791 g/mol. The zero-order valence-corrected chi connectivity index (χ0v) is 29.8. The number of carbonyl (C=O) groups is 5. The maximum atomic E-state index is 11.8. The van der Waals surface area contributed by atoms with Crippen LogP contribution < -0.4 is 21.1 Å². The Morgan fingerprint density at radius 3 is 1.86 bits per heavy atom. The van der Waals surface area contributed by atoms with Crippen LogP contribution in [0.4, 0.5) is 40.5 Å². The number of aromatic nitrogens is 5. The summed E-state index contributed by atoms with van der Waals surface area (Å²) >= 11 is 12.3. The summed E-state index contributed by atoms with van der Waals surface area (Å²) in [4.78, 5) is 71.3. The molecule has 0 aliphatic carbocycles. The summed E-state index contributed by atoms with van der Waals surface area (Å²) in [5, 5.41) is 56.8. The summed E-state index contributed by atoms with van der Waals surface area (Å²) in [6.45, 7) is 0.0934. The summed E-state index contributed by atoms with van der Waals surface area (Å²) < 4.78 is 5.89. The van der Waals surface area contributed by atoms with E-state index in [0.717, 1.165) is 35.0 Å². The van der Waals surface area contributed by atoms with Gasteiger partial charge in [-0.3, -0.25) is 4.79 Å². The van der Waals surface area contributed by atoms with Crippen molar-refractivity contribution in [1.82, 2.24) is 24.7 Å². The number of aromatic carboxylic acids is 4. The molecule has 0 amide bonds. The lowest BCUT2D eigenvalue weighted by Crippen LogP contribution is -2.12. The van der Waals surface area contributed by atoms with Gasteiger partial charge in [0, 0.05) is 23.0 Å². The van der Waals surface area contributed by atoms with Crippen molar-refractivity contribution >= 4 is 94.0 Å². The van der Waals surface area contributed by atoms with Gasteiger partial charge in [-0.25, -0.2) is 19.2 Å². The molecule has 0 aliphatic rings. The second-order valence-electron chi connectivity index (χ2n) is 11.4. The van der Waals surface area contributed by atoms with Gasteiger partial charge < -0.3 is 41.5 Å². The minimum absolute atomic E-state index is 0.0179. The molecule has 8 N–H and O–H groups in total. The van der Waals surface area contributed by atoms with Crippen molar-refractivity contribution in [3.05, 3.63) is 111 Å². The second kappa shape index (κ2) is 16.2. The van der Waals surface area contributed by atoms with E-state index in [-0.39, 0.29) is 96.6 Å². The number of nitrogens with two attached hydrogens (primary N) is 1. The molecule has 0 spiro atoms. The summed E-state index contributed by atoms with van der Waals surface area (Å²) in [5.41, 5.74) is 5.69. The molecule has 2 heterocycles. The Labute approximate surface area is 327 Å². The second-order valence-corrected chi connectivity index (χ2v) is 12.2. The molecule has 22 heteroatoms. The Balaban J connectivity index is 1.53. The van der Waals surface area contributed by atoms with Crippen LogP contribution in [0.5, 0.6) is 5.75 Å². The number of nitrogens with one attached hydrogen (secondary N) is 2. The van der Waals surface area contributed by atoms with Crippen LogP contribution >= 0.6 is 23.2 Å². The molecule has 6 rings (SSSR count). The highest BCUT2D eigenvalue weighted by Crippen LogP contribution is 2.39.